The Morgan fingerprint density at radius 2 is 2.20 bits per heavy atom. The summed E-state index contributed by atoms with van der Waals surface area (Å²) >= 11 is 0. The molecule has 1 amide bonds. The molecule has 17 heteroatoms. The third kappa shape index (κ3) is 4.77. The van der Waals surface area contributed by atoms with Crippen molar-refractivity contribution in [2.24, 2.45) is 10.8 Å². The molecule has 1 unspecified atom stereocenters. The normalized spacial score (nSPS) is 22.6. The van der Waals surface area contributed by atoms with Crippen molar-refractivity contribution in [2.75, 3.05) is 13.6 Å². The Bertz CT molecular complexity index is 1010. The second kappa shape index (κ2) is 9.07. The van der Waals surface area contributed by atoms with Crippen LogP contribution in [0.4, 0.5) is 0 Å². The average molecular weight is 448 g/mol. The Kier molecular flexibility index (Phi) is 7.18. The third-order valence-corrected chi connectivity index (χ3v) is 5.41. The van der Waals surface area contributed by atoms with E-state index in [-0.39, 0.29) is 16.8 Å². The topological polar surface area (TPSA) is 240 Å². The summed E-state index contributed by atoms with van der Waals surface area (Å²) in [5, 5.41) is 14.6. The number of aryl methyl sites for hydroxylation is 1. The van der Waals surface area contributed by atoms with Crippen molar-refractivity contribution in [2.45, 2.75) is 37.9 Å². The van der Waals surface area contributed by atoms with Crippen molar-refractivity contribution < 1.29 is 29.0 Å². The second-order valence-electron chi connectivity index (χ2n) is 6.43. The SMILES string of the molecule is Cc1cn([C@H]2C[C@H](N=[N+]=[N-])[C@@H](C(O)N(C)N(C(=O)CN)P(=O)(O)O)O2)c(=O)[nH]c1=O. The van der Waals surface area contributed by atoms with E-state index in [0.29, 0.717) is 5.01 Å². The fourth-order valence-electron chi connectivity index (χ4n) is 3.01. The van der Waals surface area contributed by atoms with Crippen LogP contribution in [-0.2, 0) is 14.1 Å². The van der Waals surface area contributed by atoms with Gasteiger partial charge in [-0.15, -0.1) is 0 Å². The van der Waals surface area contributed by atoms with Crippen molar-refractivity contribution in [1.82, 2.24) is 19.3 Å². The van der Waals surface area contributed by atoms with E-state index in [9.17, 15) is 33.8 Å². The molecule has 1 fully saturated rings. The lowest BCUT2D eigenvalue weighted by molar-refractivity contribution is -0.175. The van der Waals surface area contributed by atoms with Crippen LogP contribution < -0.4 is 17.0 Å². The van der Waals surface area contributed by atoms with E-state index in [1.54, 1.807) is 0 Å². The minimum absolute atomic E-state index is 0.0299. The Balaban J connectivity index is 2.39. The number of aromatic nitrogens is 2. The molecule has 2 heterocycles. The van der Waals surface area contributed by atoms with Gasteiger partial charge in [0.05, 0.1) is 12.6 Å². The fourth-order valence-corrected chi connectivity index (χ4v) is 3.85. The van der Waals surface area contributed by atoms with Gasteiger partial charge in [-0.1, -0.05) is 5.11 Å². The molecular formula is C13H21N8O8P. The number of hydrogen-bond donors (Lipinski definition) is 5. The molecule has 0 saturated carbocycles. The van der Waals surface area contributed by atoms with Gasteiger partial charge in [0.15, 0.2) is 6.23 Å². The van der Waals surface area contributed by atoms with Crippen LogP contribution in [0.5, 0.6) is 0 Å². The highest BCUT2D eigenvalue weighted by Crippen LogP contribution is 2.42. The molecule has 30 heavy (non-hydrogen) atoms. The maximum atomic E-state index is 12.1. The summed E-state index contributed by atoms with van der Waals surface area (Å²) in [5.41, 5.74) is 12.8. The average Bonchev–Trinajstić information content (AvgIpc) is 3.06. The molecule has 0 aromatic carbocycles. The summed E-state index contributed by atoms with van der Waals surface area (Å²) in [6.07, 6.45) is -3.24. The lowest BCUT2D eigenvalue weighted by Gasteiger charge is -2.37. The maximum Gasteiger partial charge on any atom is 0.447 e. The Morgan fingerprint density at radius 1 is 1.57 bits per heavy atom. The van der Waals surface area contributed by atoms with Gasteiger partial charge < -0.3 is 25.4 Å². The van der Waals surface area contributed by atoms with Gasteiger partial charge in [0.2, 0.25) is 0 Å². The lowest BCUT2D eigenvalue weighted by atomic mass is 10.1. The number of likely N-dealkylation sites (N-methyl/N-ethyl adjacent to an activating group) is 1. The first-order valence-electron chi connectivity index (χ1n) is 8.44. The number of carbonyl (C=O) groups is 1. The molecule has 0 radical (unpaired) electrons. The van der Waals surface area contributed by atoms with Gasteiger partial charge in [0.1, 0.15) is 12.3 Å². The number of nitrogens with two attached hydrogens (primary N) is 1. The van der Waals surface area contributed by atoms with Crippen LogP contribution in [0.2, 0.25) is 0 Å². The Labute approximate surface area is 168 Å². The van der Waals surface area contributed by atoms with E-state index >= 15 is 0 Å². The minimum atomic E-state index is -5.21. The molecule has 166 valence electrons. The first-order chi connectivity index (χ1) is 13.9. The van der Waals surface area contributed by atoms with Gasteiger partial charge in [0.25, 0.3) is 11.5 Å². The quantitative estimate of drug-likeness (QED) is 0.0756. The number of rotatable bonds is 7. The summed E-state index contributed by atoms with van der Waals surface area (Å²) in [6.45, 7) is 0.688. The minimum Gasteiger partial charge on any atom is -0.374 e. The number of H-pyrrole nitrogens is 1. The van der Waals surface area contributed by atoms with Gasteiger partial charge in [-0.2, -0.15) is 9.79 Å². The van der Waals surface area contributed by atoms with Crippen LogP contribution in [0.1, 0.15) is 18.2 Å². The predicted octanol–water partition coefficient (Wildman–Crippen LogP) is -2.14. The number of amides is 1. The summed E-state index contributed by atoms with van der Waals surface area (Å²) < 4.78 is 18.3. The molecular weight excluding hydrogens is 427 g/mol. The molecule has 1 saturated heterocycles. The van der Waals surface area contributed by atoms with E-state index in [1.807, 2.05) is 0 Å². The highest BCUT2D eigenvalue weighted by atomic mass is 31.2. The van der Waals surface area contributed by atoms with Crippen LogP contribution in [-0.4, -0.2) is 72.1 Å². The smallest absolute Gasteiger partial charge is 0.374 e. The molecule has 1 aliphatic rings. The van der Waals surface area contributed by atoms with Gasteiger partial charge in [0, 0.05) is 30.1 Å². The lowest BCUT2D eigenvalue weighted by Crippen LogP contribution is -2.54. The number of carbonyl (C=O) groups excluding carboxylic acids is 1. The fraction of sp³-hybridized carbons (Fsp3) is 0.615. The highest BCUT2D eigenvalue weighted by Gasteiger charge is 2.46. The number of aromatic amines is 1. The number of aliphatic hydroxyl groups excluding tert-OH is 1. The number of nitrogens with zero attached hydrogens (tertiary/aromatic N) is 6. The van der Waals surface area contributed by atoms with Crippen molar-refractivity contribution in [3.8, 4) is 0 Å². The number of nitrogens with one attached hydrogen (secondary N) is 1. The standard InChI is InChI=1S/C13H21N8O8P/c1-6-5-20(13(25)16-11(6)23)9-3-7(17-18-15)10(29-9)12(24)19(2)21(8(22)4-14)30(26,27)28/h5,7,9-10,12,24H,3-4,14H2,1-2H3,(H,16,23,25)(H2,26,27,28)/t7-,9+,10-,12?/m0/s1. The largest absolute Gasteiger partial charge is 0.447 e. The molecule has 16 nitrogen and oxygen atoms in total. The van der Waals surface area contributed by atoms with Crippen molar-refractivity contribution in [3.05, 3.63) is 43.0 Å². The predicted molar refractivity (Wildman–Crippen MR) is 99.2 cm³/mol. The molecule has 2 rings (SSSR count). The first-order valence-corrected chi connectivity index (χ1v) is 10.0. The Morgan fingerprint density at radius 3 is 2.73 bits per heavy atom. The molecule has 1 aromatic heterocycles. The number of hydrogen-bond acceptors (Lipinski definition) is 9. The van der Waals surface area contributed by atoms with Gasteiger partial charge in [-0.05, 0) is 12.5 Å². The van der Waals surface area contributed by atoms with E-state index in [1.165, 1.54) is 13.1 Å². The molecule has 1 aliphatic heterocycles. The zero-order valence-corrected chi connectivity index (χ0v) is 16.8. The van der Waals surface area contributed by atoms with Crippen LogP contribution in [0.15, 0.2) is 20.9 Å². The van der Waals surface area contributed by atoms with Crippen molar-refractivity contribution >= 4 is 13.7 Å². The van der Waals surface area contributed by atoms with Crippen LogP contribution in [0.3, 0.4) is 0 Å². The zero-order chi connectivity index (χ0) is 22.8. The van der Waals surface area contributed by atoms with Crippen LogP contribution >= 0.6 is 7.75 Å². The number of ether oxygens (including phenoxy) is 1. The summed E-state index contributed by atoms with van der Waals surface area (Å²) in [5.74, 6) is -1.19. The molecule has 1 aromatic rings. The zero-order valence-electron chi connectivity index (χ0n) is 15.9. The van der Waals surface area contributed by atoms with E-state index in [0.717, 1.165) is 11.6 Å². The monoisotopic (exact) mass is 448 g/mol. The molecule has 0 bridgehead atoms. The van der Waals surface area contributed by atoms with Gasteiger partial charge in [-0.3, -0.25) is 19.1 Å². The third-order valence-electron chi connectivity index (χ3n) is 4.41. The number of aliphatic hydroxyl groups is 1. The summed E-state index contributed by atoms with van der Waals surface area (Å²) in [4.78, 5) is 59.2. The number of azide groups is 1. The van der Waals surface area contributed by atoms with Crippen molar-refractivity contribution in [3.63, 3.8) is 0 Å². The molecule has 4 atom stereocenters. The van der Waals surface area contributed by atoms with Gasteiger partial charge >= 0.3 is 13.4 Å². The van der Waals surface area contributed by atoms with Gasteiger partial charge in [-0.25, -0.2) is 9.36 Å². The summed E-state index contributed by atoms with van der Waals surface area (Å²) in [7, 11) is -4.21. The van der Waals surface area contributed by atoms with E-state index in [4.69, 9.17) is 16.0 Å². The molecule has 0 spiro atoms. The maximum absolute atomic E-state index is 12.1. The van der Waals surface area contributed by atoms with Crippen LogP contribution in [0.25, 0.3) is 10.4 Å². The highest BCUT2D eigenvalue weighted by molar-refractivity contribution is 7.49. The summed E-state index contributed by atoms with van der Waals surface area (Å²) in [6, 6.07) is -1.08. The second-order valence-corrected chi connectivity index (χ2v) is 7.84. The first kappa shape index (κ1) is 23.7. The van der Waals surface area contributed by atoms with Crippen LogP contribution in [0, 0.1) is 6.92 Å². The van der Waals surface area contributed by atoms with E-state index < -0.39 is 56.0 Å². The number of hydrazine groups is 1. The Hall–Kier alpha value is -2.55. The molecule has 0 aliphatic carbocycles. The van der Waals surface area contributed by atoms with E-state index in [2.05, 4.69) is 15.0 Å². The molecule has 6 N–H and O–H groups in total. The van der Waals surface area contributed by atoms with Crippen molar-refractivity contribution in [1.29, 1.82) is 0 Å².